The van der Waals surface area contributed by atoms with Crippen molar-refractivity contribution in [1.82, 2.24) is 9.97 Å². The molecule has 0 aliphatic carbocycles. The van der Waals surface area contributed by atoms with E-state index in [1.165, 1.54) is 12.0 Å². The van der Waals surface area contributed by atoms with E-state index in [1.807, 2.05) is 30.3 Å². The summed E-state index contributed by atoms with van der Waals surface area (Å²) < 4.78 is 80.7. The Morgan fingerprint density at radius 3 is 2.17 bits per heavy atom. The van der Waals surface area contributed by atoms with Crippen molar-refractivity contribution in [2.24, 2.45) is 0 Å². The van der Waals surface area contributed by atoms with Gasteiger partial charge in [-0.2, -0.15) is 13.2 Å². The SMILES string of the molecule is C=CCCc1ccc(-c2cnc(-c3cc(F)c4c(F)c(C#CC(F)(F)F)c(F)cc4c3)nc2)cc1. The van der Waals surface area contributed by atoms with Crippen molar-refractivity contribution >= 4 is 10.8 Å². The van der Waals surface area contributed by atoms with Crippen molar-refractivity contribution in [3.8, 4) is 34.4 Å². The number of halogens is 6. The van der Waals surface area contributed by atoms with Crippen LogP contribution in [-0.4, -0.2) is 16.1 Å². The highest BCUT2D eigenvalue weighted by Gasteiger charge is 2.24. The Morgan fingerprint density at radius 2 is 1.54 bits per heavy atom. The van der Waals surface area contributed by atoms with E-state index in [9.17, 15) is 26.3 Å². The first-order valence-electron chi connectivity index (χ1n) is 10.4. The first kappa shape index (κ1) is 24.0. The van der Waals surface area contributed by atoms with Crippen LogP contribution in [0, 0.1) is 29.3 Å². The summed E-state index contributed by atoms with van der Waals surface area (Å²) in [4.78, 5) is 8.48. The zero-order valence-electron chi connectivity index (χ0n) is 18.1. The highest BCUT2D eigenvalue weighted by molar-refractivity contribution is 5.89. The molecule has 0 aliphatic heterocycles. The predicted octanol–water partition coefficient (Wildman–Crippen LogP) is 7.41. The van der Waals surface area contributed by atoms with Crippen LogP contribution in [0.4, 0.5) is 26.3 Å². The smallest absolute Gasteiger partial charge is 0.236 e. The third-order valence-corrected chi connectivity index (χ3v) is 5.24. The van der Waals surface area contributed by atoms with E-state index in [4.69, 9.17) is 0 Å². The Hall–Kier alpha value is -4.12. The van der Waals surface area contributed by atoms with Crippen LogP contribution < -0.4 is 0 Å². The Kier molecular flexibility index (Phi) is 6.61. The second kappa shape index (κ2) is 9.63. The van der Waals surface area contributed by atoms with Crippen LogP contribution in [0.25, 0.3) is 33.3 Å². The maximum absolute atomic E-state index is 14.8. The third kappa shape index (κ3) is 5.35. The molecule has 0 bridgehead atoms. The molecule has 0 saturated carbocycles. The second-order valence-electron chi connectivity index (χ2n) is 7.67. The summed E-state index contributed by atoms with van der Waals surface area (Å²) in [5.41, 5.74) is 1.74. The number of fused-ring (bicyclic) bond motifs is 1. The van der Waals surface area contributed by atoms with Gasteiger partial charge in [-0.15, -0.1) is 6.58 Å². The number of hydrogen-bond acceptors (Lipinski definition) is 2. The fourth-order valence-electron chi connectivity index (χ4n) is 3.55. The van der Waals surface area contributed by atoms with E-state index in [0.717, 1.165) is 47.6 Å². The van der Waals surface area contributed by atoms with Crippen molar-refractivity contribution in [2.75, 3.05) is 0 Å². The van der Waals surface area contributed by atoms with Gasteiger partial charge in [0.05, 0.1) is 10.9 Å². The summed E-state index contributed by atoms with van der Waals surface area (Å²) in [7, 11) is 0. The highest BCUT2D eigenvalue weighted by atomic mass is 19.4. The van der Waals surface area contributed by atoms with Crippen LogP contribution in [-0.2, 0) is 6.42 Å². The molecule has 0 unspecified atom stereocenters. The van der Waals surface area contributed by atoms with Crippen LogP contribution in [0.5, 0.6) is 0 Å². The summed E-state index contributed by atoms with van der Waals surface area (Å²) in [6.45, 7) is 3.70. The first-order valence-corrected chi connectivity index (χ1v) is 10.4. The Labute approximate surface area is 197 Å². The van der Waals surface area contributed by atoms with E-state index in [1.54, 1.807) is 12.4 Å². The quantitative estimate of drug-likeness (QED) is 0.168. The zero-order valence-corrected chi connectivity index (χ0v) is 18.1. The average Bonchev–Trinajstić information content (AvgIpc) is 2.82. The molecule has 1 heterocycles. The number of aromatic nitrogens is 2. The first-order chi connectivity index (χ1) is 16.7. The number of benzene rings is 3. The molecule has 0 amide bonds. The molecular formula is C27H16F6N2. The molecule has 0 radical (unpaired) electrons. The fourth-order valence-corrected chi connectivity index (χ4v) is 3.55. The normalized spacial score (nSPS) is 11.3. The molecule has 4 rings (SSSR count). The molecule has 176 valence electrons. The number of allylic oxidation sites excluding steroid dienone is 1. The van der Waals surface area contributed by atoms with E-state index < -0.39 is 34.6 Å². The molecule has 3 aromatic carbocycles. The molecule has 2 nitrogen and oxygen atoms in total. The standard InChI is InChI=1S/C27H16F6N2/c1-2-3-4-16-5-7-17(8-6-16)20-14-34-26(35-15-20)19-11-18-12-22(28)21(9-10-27(31,32)33)25(30)24(18)23(29)13-19/h2,5-8,11-15H,1,3-4H2. The van der Waals surface area contributed by atoms with Crippen molar-refractivity contribution in [1.29, 1.82) is 0 Å². The number of aryl methyl sites for hydroxylation is 1. The summed E-state index contributed by atoms with van der Waals surface area (Å²) in [5.74, 6) is -1.64. The maximum Gasteiger partial charge on any atom is 0.458 e. The molecule has 1 aromatic heterocycles. The second-order valence-corrected chi connectivity index (χ2v) is 7.67. The molecule has 0 atom stereocenters. The molecule has 0 saturated heterocycles. The van der Waals surface area contributed by atoms with Gasteiger partial charge in [-0.25, -0.2) is 23.1 Å². The zero-order chi connectivity index (χ0) is 25.2. The Morgan fingerprint density at radius 1 is 0.857 bits per heavy atom. The van der Waals surface area contributed by atoms with Crippen LogP contribution in [0.2, 0.25) is 0 Å². The molecule has 0 aliphatic rings. The molecular weight excluding hydrogens is 466 g/mol. The van der Waals surface area contributed by atoms with Crippen LogP contribution in [0.3, 0.4) is 0 Å². The number of nitrogens with zero attached hydrogens (tertiary/aromatic N) is 2. The van der Waals surface area contributed by atoms with E-state index >= 15 is 0 Å². The lowest BCUT2D eigenvalue weighted by molar-refractivity contribution is -0.0696. The number of alkyl halides is 3. The van der Waals surface area contributed by atoms with Gasteiger partial charge in [0.25, 0.3) is 0 Å². The van der Waals surface area contributed by atoms with Crippen LogP contribution >= 0.6 is 0 Å². The maximum atomic E-state index is 14.8. The molecule has 0 N–H and O–H groups in total. The highest BCUT2D eigenvalue weighted by Crippen LogP contribution is 2.31. The number of hydrogen-bond donors (Lipinski definition) is 0. The lowest BCUT2D eigenvalue weighted by Crippen LogP contribution is -2.03. The topological polar surface area (TPSA) is 25.8 Å². The average molecular weight is 482 g/mol. The minimum atomic E-state index is -4.95. The molecule has 0 spiro atoms. The van der Waals surface area contributed by atoms with E-state index in [-0.39, 0.29) is 16.8 Å². The van der Waals surface area contributed by atoms with Gasteiger partial charge in [-0.3, -0.25) is 0 Å². The van der Waals surface area contributed by atoms with Crippen LogP contribution in [0.15, 0.2) is 67.5 Å². The molecule has 35 heavy (non-hydrogen) atoms. The van der Waals surface area contributed by atoms with Gasteiger partial charge in [-0.1, -0.05) is 36.3 Å². The molecule has 8 heteroatoms. The van der Waals surface area contributed by atoms with Gasteiger partial charge in [0.15, 0.2) is 11.6 Å². The summed E-state index contributed by atoms with van der Waals surface area (Å²) in [6.07, 6.45) is 1.73. The third-order valence-electron chi connectivity index (χ3n) is 5.24. The fraction of sp³-hybridized carbons (Fsp3) is 0.111. The monoisotopic (exact) mass is 482 g/mol. The van der Waals surface area contributed by atoms with E-state index in [2.05, 4.69) is 16.5 Å². The van der Waals surface area contributed by atoms with Crippen molar-refractivity contribution in [3.63, 3.8) is 0 Å². The van der Waals surface area contributed by atoms with Gasteiger partial charge in [0, 0.05) is 29.4 Å². The summed E-state index contributed by atoms with van der Waals surface area (Å²) in [5, 5.41) is -0.870. The molecule has 4 aromatic rings. The van der Waals surface area contributed by atoms with Crippen LogP contribution in [0.1, 0.15) is 17.5 Å². The van der Waals surface area contributed by atoms with Crippen molar-refractivity contribution < 1.29 is 26.3 Å². The summed E-state index contributed by atoms with van der Waals surface area (Å²) >= 11 is 0. The molecule has 0 fully saturated rings. The van der Waals surface area contributed by atoms with Gasteiger partial charge in [0.1, 0.15) is 11.6 Å². The van der Waals surface area contributed by atoms with Gasteiger partial charge in [-0.05, 0) is 47.6 Å². The van der Waals surface area contributed by atoms with Gasteiger partial charge >= 0.3 is 6.18 Å². The minimum Gasteiger partial charge on any atom is -0.236 e. The van der Waals surface area contributed by atoms with Crippen molar-refractivity contribution in [2.45, 2.75) is 19.0 Å². The largest absolute Gasteiger partial charge is 0.458 e. The van der Waals surface area contributed by atoms with Crippen molar-refractivity contribution in [3.05, 3.63) is 96.1 Å². The van der Waals surface area contributed by atoms with E-state index in [0.29, 0.717) is 0 Å². The number of rotatable bonds is 5. The Bertz CT molecular complexity index is 1460. The Balaban J connectivity index is 1.67. The lowest BCUT2D eigenvalue weighted by atomic mass is 10.0. The minimum absolute atomic E-state index is 0.110. The van der Waals surface area contributed by atoms with Gasteiger partial charge < -0.3 is 0 Å². The predicted molar refractivity (Wildman–Crippen MR) is 122 cm³/mol. The lowest BCUT2D eigenvalue weighted by Gasteiger charge is -2.09. The van der Waals surface area contributed by atoms with Gasteiger partial charge in [0.2, 0.25) is 0 Å². The summed E-state index contributed by atoms with van der Waals surface area (Å²) in [6, 6.07) is 10.8.